The van der Waals surface area contributed by atoms with E-state index >= 15 is 0 Å². The summed E-state index contributed by atoms with van der Waals surface area (Å²) in [6.45, 7) is 6.99. The quantitative estimate of drug-likeness (QED) is 0.828. The Morgan fingerprint density at radius 2 is 2.00 bits per heavy atom. The van der Waals surface area contributed by atoms with Crippen LogP contribution in [0.1, 0.15) is 60.3 Å². The van der Waals surface area contributed by atoms with E-state index in [4.69, 9.17) is 4.42 Å². The second-order valence-corrected chi connectivity index (χ2v) is 9.32. The lowest BCUT2D eigenvalue weighted by Crippen LogP contribution is -2.46. The molecule has 0 aliphatic heterocycles. The van der Waals surface area contributed by atoms with Crippen molar-refractivity contribution in [1.82, 2.24) is 5.32 Å². The van der Waals surface area contributed by atoms with E-state index in [1.807, 2.05) is 0 Å². The fourth-order valence-corrected chi connectivity index (χ4v) is 5.56. The molecule has 2 saturated carbocycles. The van der Waals surface area contributed by atoms with Gasteiger partial charge in [-0.1, -0.05) is 20.8 Å². The van der Waals surface area contributed by atoms with Crippen LogP contribution in [0.25, 0.3) is 0 Å². The summed E-state index contributed by atoms with van der Waals surface area (Å²) in [6, 6.07) is 7.01. The monoisotopic (exact) mass is 372 g/mol. The summed E-state index contributed by atoms with van der Waals surface area (Å²) in [5, 5.41) is 6.66. The van der Waals surface area contributed by atoms with Crippen LogP contribution in [0.4, 0.5) is 5.00 Å². The molecule has 3 atom stereocenters. The number of thiophene rings is 1. The summed E-state index contributed by atoms with van der Waals surface area (Å²) in [6.07, 6.45) is 4.95. The molecular weight excluding hydrogens is 348 g/mol. The molecule has 2 N–H and O–H groups in total. The summed E-state index contributed by atoms with van der Waals surface area (Å²) in [4.78, 5) is 25.4. The smallest absolute Gasteiger partial charge is 0.291 e. The van der Waals surface area contributed by atoms with E-state index in [2.05, 4.69) is 31.4 Å². The number of anilines is 1. The van der Waals surface area contributed by atoms with Crippen molar-refractivity contribution in [2.75, 3.05) is 5.32 Å². The SMILES string of the molecule is CC1(C)C2CCC1(C)C(NC(=O)c1ccc(NC(=O)c3ccco3)s1)C2. The van der Waals surface area contributed by atoms with Gasteiger partial charge in [0.2, 0.25) is 0 Å². The van der Waals surface area contributed by atoms with Crippen LogP contribution in [-0.4, -0.2) is 17.9 Å². The number of carbonyl (C=O) groups excluding carboxylic acids is 2. The van der Waals surface area contributed by atoms with Crippen molar-refractivity contribution in [3.05, 3.63) is 41.2 Å². The van der Waals surface area contributed by atoms with E-state index in [1.54, 1.807) is 24.3 Å². The minimum Gasteiger partial charge on any atom is -0.459 e. The van der Waals surface area contributed by atoms with Crippen molar-refractivity contribution in [2.24, 2.45) is 16.7 Å². The highest BCUT2D eigenvalue weighted by Gasteiger charge is 2.61. The first-order valence-corrected chi connectivity index (χ1v) is 9.88. The molecule has 26 heavy (non-hydrogen) atoms. The Morgan fingerprint density at radius 1 is 1.19 bits per heavy atom. The molecule has 0 spiro atoms. The summed E-state index contributed by atoms with van der Waals surface area (Å²) in [5.74, 6) is 0.570. The standard InChI is InChI=1S/C20H24N2O3S/c1-19(2)12-8-9-20(19,3)15(11-12)21-18(24)14-6-7-16(26-14)22-17(23)13-5-4-10-25-13/h4-7,10,12,15H,8-9,11H2,1-3H3,(H,21,24)(H,22,23). The first kappa shape index (κ1) is 17.3. The van der Waals surface area contributed by atoms with Gasteiger partial charge in [-0.3, -0.25) is 9.59 Å². The maximum atomic E-state index is 12.7. The summed E-state index contributed by atoms with van der Waals surface area (Å²) in [5.41, 5.74) is 0.420. The number of carbonyl (C=O) groups is 2. The predicted molar refractivity (Wildman–Crippen MR) is 101 cm³/mol. The van der Waals surface area contributed by atoms with E-state index in [-0.39, 0.29) is 34.4 Å². The Hall–Kier alpha value is -2.08. The molecule has 2 bridgehead atoms. The van der Waals surface area contributed by atoms with Crippen LogP contribution in [-0.2, 0) is 0 Å². The Bertz CT molecular complexity index is 839. The molecule has 3 unspecified atom stereocenters. The number of rotatable bonds is 4. The van der Waals surface area contributed by atoms with Gasteiger partial charge in [-0.2, -0.15) is 0 Å². The molecule has 2 aromatic heterocycles. The Labute approximate surface area is 157 Å². The number of fused-ring (bicyclic) bond motifs is 2. The van der Waals surface area contributed by atoms with Gasteiger partial charge in [0.15, 0.2) is 5.76 Å². The topological polar surface area (TPSA) is 71.3 Å². The molecule has 0 radical (unpaired) electrons. The number of furan rings is 1. The zero-order valence-electron chi connectivity index (χ0n) is 15.3. The van der Waals surface area contributed by atoms with Gasteiger partial charge in [0.05, 0.1) is 16.1 Å². The highest BCUT2D eigenvalue weighted by molar-refractivity contribution is 7.18. The number of hydrogen-bond acceptors (Lipinski definition) is 4. The molecule has 5 nitrogen and oxygen atoms in total. The van der Waals surface area contributed by atoms with Crippen LogP contribution < -0.4 is 10.6 Å². The Morgan fingerprint density at radius 3 is 2.62 bits per heavy atom. The molecule has 0 aromatic carbocycles. The molecule has 2 amide bonds. The van der Waals surface area contributed by atoms with Crippen LogP contribution in [0.2, 0.25) is 0 Å². The lowest BCUT2D eigenvalue weighted by Gasteiger charge is -2.39. The van der Waals surface area contributed by atoms with Crippen LogP contribution >= 0.6 is 11.3 Å². The first-order chi connectivity index (χ1) is 12.3. The molecule has 2 heterocycles. The van der Waals surface area contributed by atoms with Crippen LogP contribution in [0, 0.1) is 16.7 Å². The number of amides is 2. The average Bonchev–Trinajstić information content (AvgIpc) is 3.33. The van der Waals surface area contributed by atoms with Crippen LogP contribution in [0.15, 0.2) is 34.9 Å². The average molecular weight is 372 g/mol. The molecule has 0 saturated heterocycles. The normalized spacial score (nSPS) is 28.9. The molecule has 2 aliphatic rings. The van der Waals surface area contributed by atoms with E-state index in [1.165, 1.54) is 30.4 Å². The Balaban J connectivity index is 1.42. The zero-order valence-corrected chi connectivity index (χ0v) is 16.1. The molecule has 4 rings (SSSR count). The fourth-order valence-electron chi connectivity index (χ4n) is 4.76. The summed E-state index contributed by atoms with van der Waals surface area (Å²) >= 11 is 1.28. The maximum Gasteiger partial charge on any atom is 0.291 e. The largest absolute Gasteiger partial charge is 0.459 e. The number of hydrogen-bond donors (Lipinski definition) is 2. The van der Waals surface area contributed by atoms with Gasteiger partial charge in [0, 0.05) is 6.04 Å². The molecule has 6 heteroatoms. The lowest BCUT2D eigenvalue weighted by atomic mass is 9.69. The summed E-state index contributed by atoms with van der Waals surface area (Å²) in [7, 11) is 0. The minimum absolute atomic E-state index is 0.0527. The second kappa shape index (κ2) is 5.98. The first-order valence-electron chi connectivity index (χ1n) is 9.07. The minimum atomic E-state index is -0.314. The van der Waals surface area contributed by atoms with Crippen molar-refractivity contribution < 1.29 is 14.0 Å². The maximum absolute atomic E-state index is 12.7. The van der Waals surface area contributed by atoms with E-state index in [9.17, 15) is 9.59 Å². The van der Waals surface area contributed by atoms with Crippen molar-refractivity contribution in [3.8, 4) is 0 Å². The van der Waals surface area contributed by atoms with Crippen LogP contribution in [0.5, 0.6) is 0 Å². The third-order valence-electron chi connectivity index (χ3n) is 6.91. The van der Waals surface area contributed by atoms with E-state index < -0.39 is 0 Å². The predicted octanol–water partition coefficient (Wildman–Crippen LogP) is 4.54. The fraction of sp³-hybridized carbons (Fsp3) is 0.500. The molecule has 2 aromatic rings. The molecular formula is C20H24N2O3S. The van der Waals surface area contributed by atoms with Gasteiger partial charge in [0.1, 0.15) is 0 Å². The Kier molecular flexibility index (Phi) is 3.99. The number of nitrogens with one attached hydrogen (secondary N) is 2. The van der Waals surface area contributed by atoms with E-state index in [0.29, 0.717) is 15.8 Å². The van der Waals surface area contributed by atoms with Gasteiger partial charge in [0.25, 0.3) is 11.8 Å². The van der Waals surface area contributed by atoms with Crippen molar-refractivity contribution in [3.63, 3.8) is 0 Å². The van der Waals surface area contributed by atoms with Crippen LogP contribution in [0.3, 0.4) is 0 Å². The van der Waals surface area contributed by atoms with Gasteiger partial charge in [-0.15, -0.1) is 11.3 Å². The lowest BCUT2D eigenvalue weighted by molar-refractivity contribution is 0.0829. The zero-order chi connectivity index (χ0) is 18.5. The van der Waals surface area contributed by atoms with Gasteiger partial charge >= 0.3 is 0 Å². The highest BCUT2D eigenvalue weighted by atomic mass is 32.1. The van der Waals surface area contributed by atoms with Gasteiger partial charge in [-0.25, -0.2) is 0 Å². The van der Waals surface area contributed by atoms with Gasteiger partial charge < -0.3 is 15.1 Å². The van der Waals surface area contributed by atoms with E-state index in [0.717, 1.165) is 6.42 Å². The molecule has 138 valence electrons. The van der Waals surface area contributed by atoms with Gasteiger partial charge in [-0.05, 0) is 60.3 Å². The second-order valence-electron chi connectivity index (χ2n) is 8.23. The third-order valence-corrected chi connectivity index (χ3v) is 7.91. The summed E-state index contributed by atoms with van der Waals surface area (Å²) < 4.78 is 5.08. The van der Waals surface area contributed by atoms with Crippen molar-refractivity contribution >= 4 is 28.2 Å². The highest BCUT2D eigenvalue weighted by Crippen LogP contribution is 2.65. The third kappa shape index (κ3) is 2.58. The van der Waals surface area contributed by atoms with Crippen molar-refractivity contribution in [2.45, 2.75) is 46.1 Å². The van der Waals surface area contributed by atoms with Crippen molar-refractivity contribution in [1.29, 1.82) is 0 Å². The molecule has 2 fully saturated rings. The molecule has 2 aliphatic carbocycles.